The van der Waals surface area contributed by atoms with E-state index in [1.54, 1.807) is 19.2 Å². The summed E-state index contributed by atoms with van der Waals surface area (Å²) in [7, 11) is 1.66. The Bertz CT molecular complexity index is 644. The molecule has 0 spiro atoms. The molecule has 104 valence electrons. The molecule has 1 aliphatic carbocycles. The lowest BCUT2D eigenvalue weighted by Gasteiger charge is -2.16. The average Bonchev–Trinajstić information content (AvgIpc) is 2.85. The van der Waals surface area contributed by atoms with E-state index in [1.807, 2.05) is 12.1 Å². The molecule has 0 amide bonds. The number of hydrogen-bond donors (Lipinski definition) is 1. The van der Waals surface area contributed by atoms with Gasteiger partial charge in [-0.2, -0.15) is 0 Å². The van der Waals surface area contributed by atoms with E-state index in [2.05, 4.69) is 11.4 Å². The largest absolute Gasteiger partial charge is 0.497 e. The fourth-order valence-corrected chi connectivity index (χ4v) is 2.76. The molecule has 0 heterocycles. The summed E-state index contributed by atoms with van der Waals surface area (Å²) in [5.41, 5.74) is 3.28. The smallest absolute Gasteiger partial charge is 0.143 e. The summed E-state index contributed by atoms with van der Waals surface area (Å²) in [5, 5.41) is 3.50. The Hall–Kier alpha value is -1.74. The molecule has 4 heteroatoms. The SMILES string of the molecule is COc1ccc2c(c1)C(Nc1ccc(Cl)c(F)c1)CC2. The van der Waals surface area contributed by atoms with Crippen LogP contribution in [0.4, 0.5) is 10.1 Å². The van der Waals surface area contributed by atoms with E-state index in [-0.39, 0.29) is 11.1 Å². The van der Waals surface area contributed by atoms with Crippen molar-refractivity contribution >= 4 is 17.3 Å². The second-order valence-electron chi connectivity index (χ2n) is 4.93. The van der Waals surface area contributed by atoms with Crippen LogP contribution in [-0.2, 0) is 6.42 Å². The first-order valence-electron chi connectivity index (χ1n) is 6.56. The standard InChI is InChI=1S/C16H15ClFNO/c1-20-12-5-2-10-3-7-16(13(10)9-12)19-11-4-6-14(17)15(18)8-11/h2,4-6,8-9,16,19H,3,7H2,1H3. The molecule has 0 aromatic heterocycles. The second kappa shape index (κ2) is 5.33. The number of halogens is 2. The van der Waals surface area contributed by atoms with Crippen molar-refractivity contribution in [3.8, 4) is 5.75 Å². The highest BCUT2D eigenvalue weighted by molar-refractivity contribution is 6.30. The van der Waals surface area contributed by atoms with Crippen molar-refractivity contribution in [3.63, 3.8) is 0 Å². The topological polar surface area (TPSA) is 21.3 Å². The number of aryl methyl sites for hydroxylation is 1. The van der Waals surface area contributed by atoms with Gasteiger partial charge in [0, 0.05) is 5.69 Å². The summed E-state index contributed by atoms with van der Waals surface area (Å²) in [5.74, 6) is 0.445. The zero-order valence-corrected chi connectivity index (χ0v) is 11.9. The monoisotopic (exact) mass is 291 g/mol. The molecular weight excluding hydrogens is 277 g/mol. The normalized spacial score (nSPS) is 16.9. The first kappa shape index (κ1) is 13.3. The van der Waals surface area contributed by atoms with Crippen molar-refractivity contribution in [1.29, 1.82) is 0 Å². The van der Waals surface area contributed by atoms with Crippen LogP contribution in [0.15, 0.2) is 36.4 Å². The summed E-state index contributed by atoms with van der Waals surface area (Å²) in [6.07, 6.45) is 2.01. The molecule has 1 N–H and O–H groups in total. The van der Waals surface area contributed by atoms with Crippen molar-refractivity contribution in [2.45, 2.75) is 18.9 Å². The fraction of sp³-hybridized carbons (Fsp3) is 0.250. The predicted molar refractivity (Wildman–Crippen MR) is 79.1 cm³/mol. The third-order valence-electron chi connectivity index (χ3n) is 3.69. The maximum Gasteiger partial charge on any atom is 0.143 e. The van der Waals surface area contributed by atoms with Crippen LogP contribution in [0.25, 0.3) is 0 Å². The van der Waals surface area contributed by atoms with Gasteiger partial charge < -0.3 is 10.1 Å². The van der Waals surface area contributed by atoms with E-state index in [0.29, 0.717) is 0 Å². The first-order chi connectivity index (χ1) is 9.67. The van der Waals surface area contributed by atoms with Gasteiger partial charge in [0.2, 0.25) is 0 Å². The summed E-state index contributed by atoms with van der Waals surface area (Å²) >= 11 is 5.70. The highest BCUT2D eigenvalue weighted by atomic mass is 35.5. The Labute approximate surface area is 122 Å². The molecular formula is C16H15ClFNO. The Kier molecular flexibility index (Phi) is 3.53. The molecule has 2 aromatic rings. The third kappa shape index (κ3) is 2.46. The summed E-state index contributed by atoms with van der Waals surface area (Å²) in [4.78, 5) is 0. The van der Waals surface area contributed by atoms with Crippen LogP contribution >= 0.6 is 11.6 Å². The minimum Gasteiger partial charge on any atom is -0.497 e. The molecule has 2 aromatic carbocycles. The lowest BCUT2D eigenvalue weighted by Crippen LogP contribution is -2.07. The highest BCUT2D eigenvalue weighted by Gasteiger charge is 2.23. The maximum absolute atomic E-state index is 13.5. The number of nitrogens with one attached hydrogen (secondary N) is 1. The lowest BCUT2D eigenvalue weighted by molar-refractivity contribution is 0.414. The van der Waals surface area contributed by atoms with Gasteiger partial charge in [-0.25, -0.2) is 4.39 Å². The van der Waals surface area contributed by atoms with Crippen molar-refractivity contribution < 1.29 is 9.13 Å². The number of anilines is 1. The van der Waals surface area contributed by atoms with Gasteiger partial charge in [-0.1, -0.05) is 17.7 Å². The molecule has 0 saturated carbocycles. The Balaban J connectivity index is 1.85. The van der Waals surface area contributed by atoms with Crippen molar-refractivity contribution in [2.75, 3.05) is 12.4 Å². The van der Waals surface area contributed by atoms with E-state index in [0.717, 1.165) is 24.3 Å². The van der Waals surface area contributed by atoms with Gasteiger partial charge in [0.15, 0.2) is 0 Å². The molecule has 0 bridgehead atoms. The van der Waals surface area contributed by atoms with E-state index in [4.69, 9.17) is 16.3 Å². The molecule has 1 atom stereocenters. The van der Waals surface area contributed by atoms with E-state index >= 15 is 0 Å². The number of hydrogen-bond acceptors (Lipinski definition) is 2. The van der Waals surface area contributed by atoms with Crippen molar-refractivity contribution in [1.82, 2.24) is 0 Å². The van der Waals surface area contributed by atoms with Crippen LogP contribution in [0.5, 0.6) is 5.75 Å². The van der Waals surface area contributed by atoms with Gasteiger partial charge in [0.05, 0.1) is 18.2 Å². The zero-order chi connectivity index (χ0) is 14.1. The third-order valence-corrected chi connectivity index (χ3v) is 4.00. The molecule has 0 aliphatic heterocycles. The van der Waals surface area contributed by atoms with E-state index in [1.165, 1.54) is 17.2 Å². The number of benzene rings is 2. The zero-order valence-electron chi connectivity index (χ0n) is 11.1. The maximum atomic E-state index is 13.5. The Morgan fingerprint density at radius 2 is 2.10 bits per heavy atom. The number of ether oxygens (including phenoxy) is 1. The molecule has 0 saturated heterocycles. The van der Waals surface area contributed by atoms with Gasteiger partial charge in [-0.05, 0) is 54.3 Å². The quantitative estimate of drug-likeness (QED) is 0.893. The van der Waals surface area contributed by atoms with Gasteiger partial charge >= 0.3 is 0 Å². The van der Waals surface area contributed by atoms with Gasteiger partial charge in [0.1, 0.15) is 11.6 Å². The van der Waals surface area contributed by atoms with E-state index < -0.39 is 5.82 Å². The van der Waals surface area contributed by atoms with Gasteiger partial charge in [-0.3, -0.25) is 0 Å². The molecule has 1 aliphatic rings. The molecule has 20 heavy (non-hydrogen) atoms. The molecule has 2 nitrogen and oxygen atoms in total. The minimum atomic E-state index is -0.402. The van der Waals surface area contributed by atoms with Crippen LogP contribution < -0.4 is 10.1 Å². The highest BCUT2D eigenvalue weighted by Crippen LogP contribution is 2.36. The fourth-order valence-electron chi connectivity index (χ4n) is 2.64. The van der Waals surface area contributed by atoms with Crippen LogP contribution in [0.3, 0.4) is 0 Å². The summed E-state index contributed by atoms with van der Waals surface area (Å²) in [6, 6.07) is 11.1. The van der Waals surface area contributed by atoms with Crippen LogP contribution in [0, 0.1) is 5.82 Å². The average molecular weight is 292 g/mol. The predicted octanol–water partition coefficient (Wildman–Crippen LogP) is 4.59. The van der Waals surface area contributed by atoms with Crippen LogP contribution in [-0.4, -0.2) is 7.11 Å². The molecule has 0 fully saturated rings. The van der Waals surface area contributed by atoms with Gasteiger partial charge in [-0.15, -0.1) is 0 Å². The van der Waals surface area contributed by atoms with Crippen molar-refractivity contribution in [2.24, 2.45) is 0 Å². The number of rotatable bonds is 3. The van der Waals surface area contributed by atoms with Crippen LogP contribution in [0.2, 0.25) is 5.02 Å². The molecule has 0 radical (unpaired) electrons. The number of fused-ring (bicyclic) bond motifs is 1. The minimum absolute atomic E-state index is 0.143. The summed E-state index contributed by atoms with van der Waals surface area (Å²) < 4.78 is 18.7. The van der Waals surface area contributed by atoms with Gasteiger partial charge in [0.25, 0.3) is 0 Å². The van der Waals surface area contributed by atoms with Crippen LogP contribution in [0.1, 0.15) is 23.6 Å². The Morgan fingerprint density at radius 1 is 1.25 bits per heavy atom. The lowest BCUT2D eigenvalue weighted by atomic mass is 10.1. The van der Waals surface area contributed by atoms with Crippen molar-refractivity contribution in [3.05, 3.63) is 58.4 Å². The molecule has 3 rings (SSSR count). The summed E-state index contributed by atoms with van der Waals surface area (Å²) in [6.45, 7) is 0. The Morgan fingerprint density at radius 3 is 2.85 bits per heavy atom. The van der Waals surface area contributed by atoms with E-state index in [9.17, 15) is 4.39 Å². The number of methoxy groups -OCH3 is 1. The molecule has 1 unspecified atom stereocenters. The first-order valence-corrected chi connectivity index (χ1v) is 6.93. The second-order valence-corrected chi connectivity index (χ2v) is 5.34.